The molecule has 0 aliphatic carbocycles. The van der Waals surface area contributed by atoms with Gasteiger partial charge in [-0.25, -0.2) is 17.8 Å². The fourth-order valence-corrected chi connectivity index (χ4v) is 5.29. The number of nitrogens with one attached hydrogen (secondary N) is 1. The van der Waals surface area contributed by atoms with Crippen molar-refractivity contribution in [2.75, 3.05) is 13.1 Å². The normalized spacial score (nSPS) is 18.2. The maximum absolute atomic E-state index is 13.1. The molecule has 2 aromatic rings. The molecular formula is C17H20FN3O3S2. The Morgan fingerprint density at radius 2 is 2.12 bits per heavy atom. The fourth-order valence-electron chi connectivity index (χ4n) is 2.99. The largest absolute Gasteiger partial charge is 0.354 e. The highest BCUT2D eigenvalue weighted by Crippen LogP contribution is 2.26. The number of benzene rings is 1. The van der Waals surface area contributed by atoms with Crippen molar-refractivity contribution in [2.24, 2.45) is 0 Å². The number of carbonyl (C=O) groups is 1. The van der Waals surface area contributed by atoms with E-state index in [4.69, 9.17) is 0 Å². The van der Waals surface area contributed by atoms with E-state index in [1.165, 1.54) is 16.4 Å². The van der Waals surface area contributed by atoms with Crippen LogP contribution in [0.2, 0.25) is 0 Å². The number of halogens is 1. The molecule has 1 aliphatic heterocycles. The van der Waals surface area contributed by atoms with Gasteiger partial charge in [0.1, 0.15) is 11.9 Å². The summed E-state index contributed by atoms with van der Waals surface area (Å²) in [6.45, 7) is 2.61. The van der Waals surface area contributed by atoms with E-state index >= 15 is 0 Å². The highest BCUT2D eigenvalue weighted by atomic mass is 32.2. The second kappa shape index (κ2) is 7.81. The van der Waals surface area contributed by atoms with Crippen LogP contribution in [0.5, 0.6) is 0 Å². The second-order valence-corrected chi connectivity index (χ2v) is 9.08. The van der Waals surface area contributed by atoms with Gasteiger partial charge in [0.2, 0.25) is 15.9 Å². The van der Waals surface area contributed by atoms with Crippen molar-refractivity contribution in [1.82, 2.24) is 14.6 Å². The van der Waals surface area contributed by atoms with E-state index < -0.39 is 21.9 Å². The lowest BCUT2D eigenvalue weighted by molar-refractivity contribution is -0.124. The van der Waals surface area contributed by atoms with Gasteiger partial charge in [-0.3, -0.25) is 4.79 Å². The smallest absolute Gasteiger partial charge is 0.243 e. The fraction of sp³-hybridized carbons (Fsp3) is 0.412. The standard InChI is InChI=1S/C17H20FN3O3S2/c1-12-20-14(11-25-12)8-9-19-17(22)16-3-2-10-21(16)26(23,24)15-6-4-13(18)5-7-15/h4-7,11,16H,2-3,8-10H2,1H3,(H,19,22). The van der Waals surface area contributed by atoms with Gasteiger partial charge in [-0.05, 0) is 44.0 Å². The molecule has 140 valence electrons. The number of aryl methyl sites for hydroxylation is 1. The Bertz CT molecular complexity index is 881. The minimum atomic E-state index is -3.83. The van der Waals surface area contributed by atoms with Crippen molar-refractivity contribution in [3.63, 3.8) is 0 Å². The topological polar surface area (TPSA) is 79.4 Å². The molecule has 1 aliphatic rings. The van der Waals surface area contributed by atoms with Crippen LogP contribution in [0.25, 0.3) is 0 Å². The van der Waals surface area contributed by atoms with E-state index in [2.05, 4.69) is 10.3 Å². The molecule has 2 heterocycles. The first-order valence-corrected chi connectivity index (χ1v) is 10.7. The molecule has 0 spiro atoms. The summed E-state index contributed by atoms with van der Waals surface area (Å²) in [7, 11) is -3.83. The van der Waals surface area contributed by atoms with Crippen LogP contribution in [-0.2, 0) is 21.2 Å². The minimum absolute atomic E-state index is 0.00320. The average Bonchev–Trinajstić information content (AvgIpc) is 3.24. The van der Waals surface area contributed by atoms with Crippen LogP contribution in [0.3, 0.4) is 0 Å². The first-order chi connectivity index (χ1) is 12.4. The molecule has 1 N–H and O–H groups in total. The Morgan fingerprint density at radius 3 is 2.77 bits per heavy atom. The first-order valence-electron chi connectivity index (χ1n) is 8.34. The van der Waals surface area contributed by atoms with Crippen LogP contribution in [0.15, 0.2) is 34.5 Å². The monoisotopic (exact) mass is 397 g/mol. The molecule has 1 unspecified atom stereocenters. The highest BCUT2D eigenvalue weighted by Gasteiger charge is 2.39. The summed E-state index contributed by atoms with van der Waals surface area (Å²) in [5.74, 6) is -0.808. The van der Waals surface area contributed by atoms with Crippen LogP contribution in [0, 0.1) is 12.7 Å². The molecular weight excluding hydrogens is 377 g/mol. The van der Waals surface area contributed by atoms with Gasteiger partial charge in [-0.1, -0.05) is 0 Å². The van der Waals surface area contributed by atoms with Crippen molar-refractivity contribution in [1.29, 1.82) is 0 Å². The van der Waals surface area contributed by atoms with E-state index in [0.29, 0.717) is 25.8 Å². The van der Waals surface area contributed by atoms with Crippen LogP contribution in [0.1, 0.15) is 23.5 Å². The molecule has 0 bridgehead atoms. The third-order valence-electron chi connectivity index (χ3n) is 4.27. The van der Waals surface area contributed by atoms with Crippen LogP contribution >= 0.6 is 11.3 Å². The Kier molecular flexibility index (Phi) is 5.69. The lowest BCUT2D eigenvalue weighted by Crippen LogP contribution is -2.46. The lowest BCUT2D eigenvalue weighted by atomic mass is 10.2. The maximum atomic E-state index is 13.1. The number of aromatic nitrogens is 1. The van der Waals surface area contributed by atoms with Gasteiger partial charge in [0.15, 0.2) is 0 Å². The van der Waals surface area contributed by atoms with Crippen LogP contribution in [-0.4, -0.2) is 42.7 Å². The molecule has 1 atom stereocenters. The summed E-state index contributed by atoms with van der Waals surface area (Å²) in [4.78, 5) is 16.8. The van der Waals surface area contributed by atoms with Crippen LogP contribution in [0.4, 0.5) is 4.39 Å². The number of hydrogen-bond donors (Lipinski definition) is 1. The van der Waals surface area contributed by atoms with Gasteiger partial charge in [-0.15, -0.1) is 11.3 Å². The zero-order valence-corrected chi connectivity index (χ0v) is 15.9. The number of amides is 1. The van der Waals surface area contributed by atoms with Crippen molar-refractivity contribution in [2.45, 2.75) is 37.1 Å². The van der Waals surface area contributed by atoms with E-state index in [1.54, 1.807) is 11.3 Å². The third-order valence-corrected chi connectivity index (χ3v) is 7.02. The van der Waals surface area contributed by atoms with Gasteiger partial charge in [0, 0.05) is 24.9 Å². The minimum Gasteiger partial charge on any atom is -0.354 e. The lowest BCUT2D eigenvalue weighted by Gasteiger charge is -2.23. The summed E-state index contributed by atoms with van der Waals surface area (Å²) >= 11 is 1.55. The van der Waals surface area contributed by atoms with Crippen molar-refractivity contribution in [3.8, 4) is 0 Å². The zero-order chi connectivity index (χ0) is 18.7. The zero-order valence-electron chi connectivity index (χ0n) is 14.3. The average molecular weight is 397 g/mol. The molecule has 1 aromatic heterocycles. The molecule has 6 nitrogen and oxygen atoms in total. The number of nitrogens with zero attached hydrogens (tertiary/aromatic N) is 2. The Morgan fingerprint density at radius 1 is 1.38 bits per heavy atom. The van der Waals surface area contributed by atoms with Gasteiger partial charge >= 0.3 is 0 Å². The number of sulfonamides is 1. The van der Waals surface area contributed by atoms with Gasteiger partial charge in [0.05, 0.1) is 15.6 Å². The number of rotatable bonds is 6. The van der Waals surface area contributed by atoms with Crippen molar-refractivity contribution >= 4 is 27.3 Å². The summed E-state index contributed by atoms with van der Waals surface area (Å²) in [6, 6.07) is 3.93. The number of thiazole rings is 1. The van der Waals surface area contributed by atoms with E-state index in [9.17, 15) is 17.6 Å². The maximum Gasteiger partial charge on any atom is 0.243 e. The number of hydrogen-bond acceptors (Lipinski definition) is 5. The number of carbonyl (C=O) groups excluding carboxylic acids is 1. The Hall–Kier alpha value is -1.84. The van der Waals surface area contributed by atoms with E-state index in [1.807, 2.05) is 12.3 Å². The summed E-state index contributed by atoms with van der Waals surface area (Å²) in [6.07, 6.45) is 1.69. The van der Waals surface area contributed by atoms with Gasteiger partial charge < -0.3 is 5.32 Å². The molecule has 0 saturated carbocycles. The summed E-state index contributed by atoms with van der Waals surface area (Å²) in [5.41, 5.74) is 0.912. The SMILES string of the molecule is Cc1nc(CCNC(=O)C2CCCN2S(=O)(=O)c2ccc(F)cc2)cs1. The van der Waals surface area contributed by atoms with E-state index in [0.717, 1.165) is 22.8 Å². The predicted molar refractivity (Wildman–Crippen MR) is 96.9 cm³/mol. The predicted octanol–water partition coefficient (Wildman–Crippen LogP) is 2.10. The Labute approximate surface area is 156 Å². The molecule has 26 heavy (non-hydrogen) atoms. The highest BCUT2D eigenvalue weighted by molar-refractivity contribution is 7.89. The van der Waals surface area contributed by atoms with E-state index in [-0.39, 0.29) is 17.3 Å². The molecule has 9 heteroatoms. The summed E-state index contributed by atoms with van der Waals surface area (Å²) < 4.78 is 39.8. The van der Waals surface area contributed by atoms with Gasteiger partial charge in [-0.2, -0.15) is 4.31 Å². The Balaban J connectivity index is 1.65. The van der Waals surface area contributed by atoms with Crippen LogP contribution < -0.4 is 5.32 Å². The second-order valence-electron chi connectivity index (χ2n) is 6.13. The van der Waals surface area contributed by atoms with Crippen molar-refractivity contribution in [3.05, 3.63) is 46.2 Å². The molecule has 3 rings (SSSR count). The molecule has 1 amide bonds. The molecule has 0 radical (unpaired) electrons. The third kappa shape index (κ3) is 4.11. The van der Waals surface area contributed by atoms with Crippen molar-refractivity contribution < 1.29 is 17.6 Å². The molecule has 1 aromatic carbocycles. The first kappa shape index (κ1) is 18.9. The quantitative estimate of drug-likeness (QED) is 0.810. The summed E-state index contributed by atoms with van der Waals surface area (Å²) in [5, 5.41) is 5.72. The molecule has 1 fully saturated rings. The molecule has 1 saturated heterocycles. The van der Waals surface area contributed by atoms with Gasteiger partial charge in [0.25, 0.3) is 0 Å².